The highest BCUT2D eigenvalue weighted by molar-refractivity contribution is 14.0. The SMILES string of the molecule is CCNC(=NCC(=O)Nc1cccc(F)c1)NCC1(CCO)CCCCC1.I. The van der Waals surface area contributed by atoms with Crippen molar-refractivity contribution in [1.29, 1.82) is 0 Å². The van der Waals surface area contributed by atoms with Crippen LogP contribution in [0.4, 0.5) is 10.1 Å². The molecule has 158 valence electrons. The van der Waals surface area contributed by atoms with E-state index in [4.69, 9.17) is 0 Å². The molecule has 0 spiro atoms. The van der Waals surface area contributed by atoms with E-state index >= 15 is 0 Å². The molecule has 6 nitrogen and oxygen atoms in total. The van der Waals surface area contributed by atoms with Gasteiger partial charge in [-0.1, -0.05) is 25.3 Å². The second kappa shape index (κ2) is 12.9. The van der Waals surface area contributed by atoms with Crippen LogP contribution >= 0.6 is 24.0 Å². The Morgan fingerprint density at radius 3 is 2.64 bits per heavy atom. The molecule has 1 aliphatic carbocycles. The Morgan fingerprint density at radius 1 is 1.25 bits per heavy atom. The fraction of sp³-hybridized carbons (Fsp3) is 0.600. The minimum absolute atomic E-state index is 0. The number of benzene rings is 1. The van der Waals surface area contributed by atoms with Gasteiger partial charge in [0, 0.05) is 25.4 Å². The Bertz CT molecular complexity index is 631. The third-order valence-electron chi connectivity index (χ3n) is 5.02. The number of rotatable bonds is 8. The number of nitrogens with one attached hydrogen (secondary N) is 3. The first-order chi connectivity index (χ1) is 13.1. The average molecular weight is 506 g/mol. The first kappa shape index (κ1) is 24.6. The fourth-order valence-electron chi connectivity index (χ4n) is 3.58. The molecule has 8 heteroatoms. The highest BCUT2D eigenvalue weighted by atomic mass is 127. The number of aliphatic imine (C=N–C) groups is 1. The summed E-state index contributed by atoms with van der Waals surface area (Å²) in [5.41, 5.74) is 0.504. The van der Waals surface area contributed by atoms with Crippen molar-refractivity contribution in [3.05, 3.63) is 30.1 Å². The monoisotopic (exact) mass is 506 g/mol. The number of amides is 1. The lowest BCUT2D eigenvalue weighted by Gasteiger charge is -2.37. The van der Waals surface area contributed by atoms with Gasteiger partial charge < -0.3 is 21.1 Å². The molecule has 0 aliphatic heterocycles. The van der Waals surface area contributed by atoms with Gasteiger partial charge in [0.1, 0.15) is 12.4 Å². The number of hydrogen-bond donors (Lipinski definition) is 4. The number of aliphatic hydroxyl groups is 1. The number of nitrogens with zero attached hydrogens (tertiary/aromatic N) is 1. The highest BCUT2D eigenvalue weighted by Gasteiger charge is 2.31. The maximum Gasteiger partial charge on any atom is 0.246 e. The zero-order valence-electron chi connectivity index (χ0n) is 16.5. The molecular formula is C20H32FIN4O2. The zero-order chi connectivity index (χ0) is 19.5. The van der Waals surface area contributed by atoms with Crippen LogP contribution in [0.2, 0.25) is 0 Å². The summed E-state index contributed by atoms with van der Waals surface area (Å²) in [7, 11) is 0. The summed E-state index contributed by atoms with van der Waals surface area (Å²) in [5, 5.41) is 18.6. The van der Waals surface area contributed by atoms with Crippen molar-refractivity contribution >= 4 is 41.5 Å². The maximum absolute atomic E-state index is 13.2. The number of aliphatic hydroxyl groups excluding tert-OH is 1. The number of hydrogen-bond acceptors (Lipinski definition) is 3. The van der Waals surface area contributed by atoms with E-state index in [1.807, 2.05) is 6.92 Å². The lowest BCUT2D eigenvalue weighted by molar-refractivity contribution is -0.114. The molecule has 0 bridgehead atoms. The van der Waals surface area contributed by atoms with Crippen LogP contribution in [0.3, 0.4) is 0 Å². The number of halogens is 2. The maximum atomic E-state index is 13.2. The molecule has 2 rings (SSSR count). The van der Waals surface area contributed by atoms with Crippen molar-refractivity contribution in [3.8, 4) is 0 Å². The Labute approximate surface area is 183 Å². The molecule has 0 atom stereocenters. The standard InChI is InChI=1S/C20H31FN4O2.HI/c1-2-22-19(24-15-20(11-12-26)9-4-3-5-10-20)23-14-18(27)25-17-8-6-7-16(21)13-17;/h6-8,13,26H,2-5,9-12,14-15H2,1H3,(H,25,27)(H2,22,23,24);1H. The van der Waals surface area contributed by atoms with E-state index in [0.717, 1.165) is 25.8 Å². The largest absolute Gasteiger partial charge is 0.396 e. The minimum Gasteiger partial charge on any atom is -0.396 e. The molecule has 4 N–H and O–H groups in total. The number of carbonyl (C=O) groups excluding carboxylic acids is 1. The van der Waals surface area contributed by atoms with Gasteiger partial charge in [0.15, 0.2) is 5.96 Å². The molecule has 1 aromatic carbocycles. The van der Waals surface area contributed by atoms with Crippen LogP contribution in [0.5, 0.6) is 0 Å². The van der Waals surface area contributed by atoms with Crippen molar-refractivity contribution in [2.24, 2.45) is 10.4 Å². The molecule has 1 fully saturated rings. The normalized spacial score (nSPS) is 16.0. The van der Waals surface area contributed by atoms with Crippen LogP contribution in [-0.4, -0.2) is 43.2 Å². The van der Waals surface area contributed by atoms with Gasteiger partial charge in [-0.05, 0) is 49.8 Å². The minimum atomic E-state index is -0.395. The number of carbonyl (C=O) groups is 1. The van der Waals surface area contributed by atoms with Crippen molar-refractivity contribution in [2.75, 3.05) is 31.6 Å². The molecule has 1 amide bonds. The molecular weight excluding hydrogens is 474 g/mol. The lowest BCUT2D eigenvalue weighted by Crippen LogP contribution is -2.45. The molecule has 0 aromatic heterocycles. The van der Waals surface area contributed by atoms with Gasteiger partial charge >= 0.3 is 0 Å². The summed E-state index contributed by atoms with van der Waals surface area (Å²) in [4.78, 5) is 16.4. The van der Waals surface area contributed by atoms with Gasteiger partial charge in [0.2, 0.25) is 5.91 Å². The average Bonchev–Trinajstić information content (AvgIpc) is 2.65. The van der Waals surface area contributed by atoms with Gasteiger partial charge in [-0.25, -0.2) is 9.38 Å². The Balaban J connectivity index is 0.00000392. The van der Waals surface area contributed by atoms with E-state index in [9.17, 15) is 14.3 Å². The van der Waals surface area contributed by atoms with Gasteiger partial charge in [-0.3, -0.25) is 4.79 Å². The molecule has 1 aliphatic rings. The smallest absolute Gasteiger partial charge is 0.246 e. The highest BCUT2D eigenvalue weighted by Crippen LogP contribution is 2.38. The van der Waals surface area contributed by atoms with E-state index in [1.165, 1.54) is 31.4 Å². The third-order valence-corrected chi connectivity index (χ3v) is 5.02. The van der Waals surface area contributed by atoms with Crippen LogP contribution in [0, 0.1) is 11.2 Å². The quantitative estimate of drug-likeness (QED) is 0.248. The molecule has 0 saturated heterocycles. The molecule has 1 aromatic rings. The number of guanidine groups is 1. The van der Waals surface area contributed by atoms with Gasteiger partial charge in [0.05, 0.1) is 0 Å². The summed E-state index contributed by atoms with van der Waals surface area (Å²) in [6, 6.07) is 5.78. The van der Waals surface area contributed by atoms with Crippen molar-refractivity contribution in [3.63, 3.8) is 0 Å². The Hall–Kier alpha value is -1.42. The zero-order valence-corrected chi connectivity index (χ0v) is 18.8. The van der Waals surface area contributed by atoms with E-state index in [-0.39, 0.29) is 48.5 Å². The van der Waals surface area contributed by atoms with Crippen LogP contribution in [0.1, 0.15) is 45.4 Å². The van der Waals surface area contributed by atoms with Crippen LogP contribution < -0.4 is 16.0 Å². The predicted octanol–water partition coefficient (Wildman–Crippen LogP) is 3.27. The summed E-state index contributed by atoms with van der Waals surface area (Å²) in [6.45, 7) is 3.51. The van der Waals surface area contributed by atoms with E-state index in [2.05, 4.69) is 20.9 Å². The van der Waals surface area contributed by atoms with Crippen molar-refractivity contribution in [1.82, 2.24) is 10.6 Å². The van der Waals surface area contributed by atoms with Gasteiger partial charge in [-0.2, -0.15) is 0 Å². The fourth-order valence-corrected chi connectivity index (χ4v) is 3.58. The molecule has 28 heavy (non-hydrogen) atoms. The predicted molar refractivity (Wildman–Crippen MR) is 122 cm³/mol. The Morgan fingerprint density at radius 2 is 2.00 bits per heavy atom. The van der Waals surface area contributed by atoms with Crippen LogP contribution in [0.15, 0.2) is 29.3 Å². The Kier molecular flexibility index (Phi) is 11.4. The van der Waals surface area contributed by atoms with E-state index in [0.29, 0.717) is 18.2 Å². The number of anilines is 1. The summed E-state index contributed by atoms with van der Waals surface area (Å²) in [5.74, 6) is -0.122. The molecule has 0 radical (unpaired) electrons. The van der Waals surface area contributed by atoms with E-state index in [1.54, 1.807) is 12.1 Å². The molecule has 0 heterocycles. The summed E-state index contributed by atoms with van der Waals surface area (Å²) in [6.07, 6.45) is 6.60. The first-order valence-electron chi connectivity index (χ1n) is 9.75. The van der Waals surface area contributed by atoms with Gasteiger partial charge in [0.25, 0.3) is 0 Å². The second-order valence-electron chi connectivity index (χ2n) is 7.14. The van der Waals surface area contributed by atoms with Crippen molar-refractivity contribution < 1.29 is 14.3 Å². The third kappa shape index (κ3) is 8.30. The lowest BCUT2D eigenvalue weighted by atomic mass is 9.72. The summed E-state index contributed by atoms with van der Waals surface area (Å²) < 4.78 is 13.2. The topological polar surface area (TPSA) is 85.8 Å². The second-order valence-corrected chi connectivity index (χ2v) is 7.14. The van der Waals surface area contributed by atoms with E-state index < -0.39 is 5.82 Å². The van der Waals surface area contributed by atoms with Crippen LogP contribution in [-0.2, 0) is 4.79 Å². The first-order valence-corrected chi connectivity index (χ1v) is 9.75. The summed E-state index contributed by atoms with van der Waals surface area (Å²) >= 11 is 0. The molecule has 1 saturated carbocycles. The van der Waals surface area contributed by atoms with Crippen LogP contribution in [0.25, 0.3) is 0 Å². The molecule has 0 unspecified atom stereocenters. The van der Waals surface area contributed by atoms with Gasteiger partial charge in [-0.15, -0.1) is 24.0 Å². The van der Waals surface area contributed by atoms with Crippen molar-refractivity contribution in [2.45, 2.75) is 45.4 Å².